The zero-order valence-electron chi connectivity index (χ0n) is 12.2. The number of alkyl halides is 3. The summed E-state index contributed by atoms with van der Waals surface area (Å²) in [5.74, 6) is 4.10. The van der Waals surface area contributed by atoms with Crippen LogP contribution >= 0.6 is 0 Å². The van der Waals surface area contributed by atoms with Gasteiger partial charge in [0, 0.05) is 5.56 Å². The minimum absolute atomic E-state index is 0.0946. The maximum atomic E-state index is 12.0. The zero-order valence-corrected chi connectivity index (χ0v) is 12.2. The molecule has 1 fully saturated rings. The highest BCUT2D eigenvalue weighted by Gasteiger charge is 2.38. The molecule has 0 heterocycles. The van der Waals surface area contributed by atoms with Gasteiger partial charge in [-0.05, 0) is 37.5 Å². The molecule has 1 aromatic carbocycles. The van der Waals surface area contributed by atoms with Crippen molar-refractivity contribution in [3.63, 3.8) is 0 Å². The van der Waals surface area contributed by atoms with Crippen LogP contribution in [0.15, 0.2) is 24.3 Å². The van der Waals surface area contributed by atoms with E-state index in [0.717, 1.165) is 6.42 Å². The molecule has 4 nitrogen and oxygen atoms in total. The molecule has 0 spiro atoms. The minimum atomic E-state index is -4.89. The Morgan fingerprint density at radius 2 is 2.13 bits per heavy atom. The number of amides is 1. The number of carbonyl (C=O) groups is 1. The molecule has 0 atom stereocenters. The van der Waals surface area contributed by atoms with Gasteiger partial charge in [0.1, 0.15) is 18.0 Å². The Bertz CT molecular complexity index is 627. The number of nitrogens with one attached hydrogen (secondary N) is 1. The lowest BCUT2D eigenvalue weighted by Crippen LogP contribution is -2.38. The maximum absolute atomic E-state index is 12.0. The molecule has 0 unspecified atom stereocenters. The first-order valence-electron chi connectivity index (χ1n) is 7.12. The quantitative estimate of drug-likeness (QED) is 0.657. The van der Waals surface area contributed by atoms with E-state index in [1.807, 2.05) is 0 Å². The van der Waals surface area contributed by atoms with Crippen LogP contribution in [0.2, 0.25) is 0 Å². The highest BCUT2D eigenvalue weighted by atomic mass is 19.4. The van der Waals surface area contributed by atoms with Crippen molar-refractivity contribution in [1.29, 1.82) is 0 Å². The van der Waals surface area contributed by atoms with Crippen molar-refractivity contribution in [1.82, 2.24) is 5.32 Å². The average Bonchev–Trinajstić information content (AvgIpc) is 2.47. The van der Waals surface area contributed by atoms with E-state index in [-0.39, 0.29) is 13.2 Å². The molecule has 0 saturated heterocycles. The SMILES string of the molecule is O=C(NCCOc1cccc(C#CC2(O)CCC2)c1)C(F)(F)F. The molecule has 0 bridgehead atoms. The smallest absolute Gasteiger partial charge is 0.471 e. The Morgan fingerprint density at radius 1 is 1.39 bits per heavy atom. The van der Waals surface area contributed by atoms with Crippen LogP contribution in [-0.2, 0) is 4.79 Å². The van der Waals surface area contributed by atoms with Gasteiger partial charge in [-0.1, -0.05) is 17.9 Å². The number of ether oxygens (including phenoxy) is 1. The largest absolute Gasteiger partial charge is 0.492 e. The maximum Gasteiger partial charge on any atom is 0.471 e. The number of carbonyl (C=O) groups excluding carboxylic acids is 1. The van der Waals surface area contributed by atoms with Crippen molar-refractivity contribution < 1.29 is 27.8 Å². The topological polar surface area (TPSA) is 58.6 Å². The van der Waals surface area contributed by atoms with E-state index in [1.165, 1.54) is 0 Å². The fourth-order valence-corrected chi connectivity index (χ4v) is 1.92. The van der Waals surface area contributed by atoms with Crippen LogP contribution in [0.1, 0.15) is 24.8 Å². The molecule has 1 aliphatic carbocycles. The van der Waals surface area contributed by atoms with Gasteiger partial charge < -0.3 is 15.2 Å². The summed E-state index contributed by atoms with van der Waals surface area (Å²) < 4.78 is 41.2. The Labute approximate surface area is 131 Å². The average molecular weight is 327 g/mol. The number of hydrogen-bond acceptors (Lipinski definition) is 3. The van der Waals surface area contributed by atoms with Gasteiger partial charge in [0.2, 0.25) is 0 Å². The van der Waals surface area contributed by atoms with Crippen molar-refractivity contribution in [2.45, 2.75) is 31.0 Å². The molecule has 7 heteroatoms. The van der Waals surface area contributed by atoms with Crippen LogP contribution in [-0.4, -0.2) is 35.9 Å². The summed E-state index contributed by atoms with van der Waals surface area (Å²) in [6.07, 6.45) is -2.61. The normalized spacial score (nSPS) is 15.8. The van der Waals surface area contributed by atoms with Gasteiger partial charge in [-0.15, -0.1) is 0 Å². The molecular formula is C16H16F3NO3. The summed E-state index contributed by atoms with van der Waals surface area (Å²) in [7, 11) is 0. The van der Waals surface area contributed by atoms with Gasteiger partial charge in [-0.3, -0.25) is 4.79 Å². The van der Waals surface area contributed by atoms with E-state index in [4.69, 9.17) is 4.74 Å². The van der Waals surface area contributed by atoms with Crippen LogP contribution < -0.4 is 10.1 Å². The molecule has 1 aromatic rings. The van der Waals surface area contributed by atoms with E-state index in [2.05, 4.69) is 11.8 Å². The van der Waals surface area contributed by atoms with E-state index >= 15 is 0 Å². The second-order valence-electron chi connectivity index (χ2n) is 5.27. The van der Waals surface area contributed by atoms with E-state index in [1.54, 1.807) is 29.6 Å². The van der Waals surface area contributed by atoms with Gasteiger partial charge in [-0.2, -0.15) is 13.2 Å². The van der Waals surface area contributed by atoms with Crippen molar-refractivity contribution in [2.75, 3.05) is 13.2 Å². The molecule has 23 heavy (non-hydrogen) atoms. The fraction of sp³-hybridized carbons (Fsp3) is 0.438. The summed E-state index contributed by atoms with van der Waals surface area (Å²) in [6.45, 7) is -0.351. The molecule has 124 valence electrons. The van der Waals surface area contributed by atoms with Crippen LogP contribution in [0, 0.1) is 11.8 Å². The summed E-state index contributed by atoms with van der Waals surface area (Å²) in [5.41, 5.74) is -0.263. The minimum Gasteiger partial charge on any atom is -0.492 e. The first-order valence-corrected chi connectivity index (χ1v) is 7.12. The highest BCUT2D eigenvalue weighted by Crippen LogP contribution is 2.30. The summed E-state index contributed by atoms with van der Waals surface area (Å²) >= 11 is 0. The first-order chi connectivity index (χ1) is 10.8. The van der Waals surface area contributed by atoms with Crippen molar-refractivity contribution in [2.24, 2.45) is 0 Å². The third kappa shape index (κ3) is 5.18. The van der Waals surface area contributed by atoms with E-state index < -0.39 is 17.7 Å². The second kappa shape index (κ2) is 6.92. The van der Waals surface area contributed by atoms with Crippen LogP contribution in [0.3, 0.4) is 0 Å². The van der Waals surface area contributed by atoms with Crippen molar-refractivity contribution >= 4 is 5.91 Å². The molecule has 1 saturated carbocycles. The van der Waals surface area contributed by atoms with Gasteiger partial charge in [0.05, 0.1) is 6.54 Å². The molecule has 0 radical (unpaired) electrons. The number of aliphatic hydroxyl groups is 1. The molecule has 0 aliphatic heterocycles. The predicted molar refractivity (Wildman–Crippen MR) is 76.7 cm³/mol. The van der Waals surface area contributed by atoms with E-state index in [9.17, 15) is 23.1 Å². The second-order valence-corrected chi connectivity index (χ2v) is 5.27. The third-order valence-corrected chi connectivity index (χ3v) is 3.37. The first kappa shape index (κ1) is 17.2. The Hall–Kier alpha value is -2.20. The molecule has 2 N–H and O–H groups in total. The third-order valence-electron chi connectivity index (χ3n) is 3.37. The molecular weight excluding hydrogens is 311 g/mol. The van der Waals surface area contributed by atoms with Crippen LogP contribution in [0.4, 0.5) is 13.2 Å². The Morgan fingerprint density at radius 3 is 2.74 bits per heavy atom. The molecule has 2 rings (SSSR count). The number of rotatable bonds is 4. The number of halogens is 3. The number of hydrogen-bond donors (Lipinski definition) is 2. The van der Waals surface area contributed by atoms with Crippen molar-refractivity contribution in [3.8, 4) is 17.6 Å². The van der Waals surface area contributed by atoms with Gasteiger partial charge in [0.15, 0.2) is 0 Å². The molecule has 1 amide bonds. The number of benzene rings is 1. The predicted octanol–water partition coefficient (Wildman–Crippen LogP) is 2.01. The zero-order chi connectivity index (χ0) is 16.9. The van der Waals surface area contributed by atoms with Crippen LogP contribution in [0.5, 0.6) is 5.75 Å². The van der Waals surface area contributed by atoms with Gasteiger partial charge in [0.25, 0.3) is 0 Å². The highest BCUT2D eigenvalue weighted by molar-refractivity contribution is 5.81. The van der Waals surface area contributed by atoms with E-state index in [0.29, 0.717) is 24.2 Å². The Balaban J connectivity index is 1.82. The fourth-order valence-electron chi connectivity index (χ4n) is 1.92. The van der Waals surface area contributed by atoms with Gasteiger partial charge >= 0.3 is 12.1 Å². The van der Waals surface area contributed by atoms with Crippen LogP contribution in [0.25, 0.3) is 0 Å². The summed E-state index contributed by atoms with van der Waals surface area (Å²) in [4.78, 5) is 10.6. The lowest BCUT2D eigenvalue weighted by molar-refractivity contribution is -0.173. The lowest BCUT2D eigenvalue weighted by Gasteiger charge is -2.30. The summed E-state index contributed by atoms with van der Waals surface area (Å²) in [5, 5.41) is 11.6. The monoisotopic (exact) mass is 327 g/mol. The van der Waals surface area contributed by atoms with Crippen molar-refractivity contribution in [3.05, 3.63) is 29.8 Å². The standard InChI is InChI=1S/C16H16F3NO3/c17-16(18,19)14(21)20-9-10-23-13-4-1-3-12(11-13)5-8-15(22)6-2-7-15/h1,3-4,11,22H,2,6-7,9-10H2,(H,20,21). The summed E-state index contributed by atoms with van der Waals surface area (Å²) in [6, 6.07) is 6.70. The lowest BCUT2D eigenvalue weighted by atomic mass is 9.81. The molecule has 0 aromatic heterocycles. The molecule has 1 aliphatic rings. The van der Waals surface area contributed by atoms with Gasteiger partial charge in [-0.25, -0.2) is 0 Å². The Kier molecular flexibility index (Phi) is 5.16.